The van der Waals surface area contributed by atoms with Gasteiger partial charge in [0.15, 0.2) is 11.5 Å². The van der Waals surface area contributed by atoms with Gasteiger partial charge in [-0.2, -0.15) is 0 Å². The molecule has 8 rings (SSSR count). The number of nitrogens with zero attached hydrogens (tertiary/aromatic N) is 8. The molecule has 0 bridgehead atoms. The van der Waals surface area contributed by atoms with Gasteiger partial charge in [-0.05, 0) is 51.1 Å². The second kappa shape index (κ2) is 16.9. The number of amides is 1. The summed E-state index contributed by atoms with van der Waals surface area (Å²) >= 11 is 0. The molecule has 2 fully saturated rings. The fourth-order valence-electron chi connectivity index (χ4n) is 6.74. The third-order valence-electron chi connectivity index (χ3n) is 9.50. The van der Waals surface area contributed by atoms with Crippen molar-refractivity contribution < 1.29 is 38.0 Å². The van der Waals surface area contributed by atoms with Crippen LogP contribution in [-0.2, 0) is 14.2 Å². The first-order valence-electron chi connectivity index (χ1n) is 18.5. The summed E-state index contributed by atoms with van der Waals surface area (Å²) in [6.45, 7) is 7.50. The van der Waals surface area contributed by atoms with Crippen LogP contribution >= 0.6 is 0 Å². The third kappa shape index (κ3) is 8.97. The molecule has 0 N–H and O–H groups in total. The zero-order valence-electron chi connectivity index (χ0n) is 33.0. The highest BCUT2D eigenvalue weighted by molar-refractivity contribution is 5.92. The zero-order chi connectivity index (χ0) is 40.1. The molecule has 6 aromatic rings. The maximum absolute atomic E-state index is 12.3. The van der Waals surface area contributed by atoms with Gasteiger partial charge in [-0.3, -0.25) is 0 Å². The second-order valence-corrected chi connectivity index (χ2v) is 14.5. The molecular weight excluding hydrogens is 732 g/mol. The number of rotatable bonds is 9. The molecular formula is C41H46N8O8. The highest BCUT2D eigenvalue weighted by Crippen LogP contribution is 2.36. The van der Waals surface area contributed by atoms with Gasteiger partial charge in [0.05, 0.1) is 73.8 Å². The lowest BCUT2D eigenvalue weighted by molar-refractivity contribution is 0.0238. The van der Waals surface area contributed by atoms with Gasteiger partial charge in [-0.15, -0.1) is 0 Å². The zero-order valence-corrected chi connectivity index (χ0v) is 33.0. The van der Waals surface area contributed by atoms with E-state index in [-0.39, 0.29) is 30.5 Å². The number of likely N-dealkylation sites (tertiary alicyclic amines) is 1. The number of benzene rings is 3. The molecule has 2 aliphatic rings. The molecule has 0 spiro atoms. The minimum atomic E-state index is -0.539. The molecule has 16 nitrogen and oxygen atoms in total. The molecule has 0 aliphatic carbocycles. The molecule has 3 aromatic carbocycles. The van der Waals surface area contributed by atoms with Gasteiger partial charge in [0.2, 0.25) is 11.8 Å². The summed E-state index contributed by atoms with van der Waals surface area (Å²) in [5.41, 5.74) is 3.41. The molecule has 1 amide bonds. The number of hydrogen-bond acceptors (Lipinski definition) is 15. The Morgan fingerprint density at radius 1 is 0.632 bits per heavy atom. The van der Waals surface area contributed by atoms with E-state index in [0.29, 0.717) is 49.4 Å². The van der Waals surface area contributed by atoms with Crippen LogP contribution < -0.4 is 23.8 Å². The number of aromatic nitrogens is 6. The van der Waals surface area contributed by atoms with Gasteiger partial charge in [-0.25, -0.2) is 34.7 Å². The van der Waals surface area contributed by atoms with Gasteiger partial charge < -0.3 is 43.0 Å². The van der Waals surface area contributed by atoms with Crippen LogP contribution in [0, 0.1) is 0 Å². The van der Waals surface area contributed by atoms with Crippen molar-refractivity contribution >= 4 is 44.9 Å². The van der Waals surface area contributed by atoms with E-state index < -0.39 is 5.60 Å². The molecule has 5 heterocycles. The standard InChI is InChI=1S/C23H23N5O4.C18H23N3O4/c1-29-18-8-14-17(9-19(18)30-2)25-13-26-23(14)28-11-20(31-3)21(12-28)32-22-10-24-15-6-4-5-7-16(15)27-22;1-18(2,3)25-17(22)21-10-14(23-4)15(11-21)24-16-9-19-12-7-5-6-8-13(12)20-16/h4-10,13,20-21H,11-12H2,1-3H3;5-9,14-15H,10-11H2,1-4H3. The molecule has 4 unspecified atom stereocenters. The average molecular weight is 779 g/mol. The van der Waals surface area contributed by atoms with Crippen LogP contribution in [0.25, 0.3) is 33.0 Å². The minimum Gasteiger partial charge on any atom is -0.493 e. The third-order valence-corrected chi connectivity index (χ3v) is 9.50. The lowest BCUT2D eigenvalue weighted by atomic mass is 10.2. The van der Waals surface area contributed by atoms with Crippen LogP contribution in [-0.4, -0.2) is 126 Å². The number of carbonyl (C=O) groups is 1. The highest BCUT2D eigenvalue weighted by atomic mass is 16.6. The Morgan fingerprint density at radius 2 is 1.14 bits per heavy atom. The summed E-state index contributed by atoms with van der Waals surface area (Å²) in [6, 6.07) is 19.0. The van der Waals surface area contributed by atoms with Crippen molar-refractivity contribution in [3.05, 3.63) is 79.4 Å². The summed E-state index contributed by atoms with van der Waals surface area (Å²) in [5, 5.41) is 0.867. The number of para-hydroxylation sites is 4. The molecule has 0 radical (unpaired) electrons. The number of anilines is 1. The van der Waals surface area contributed by atoms with E-state index in [0.717, 1.165) is 38.8 Å². The van der Waals surface area contributed by atoms with Crippen molar-refractivity contribution in [1.29, 1.82) is 0 Å². The second-order valence-electron chi connectivity index (χ2n) is 14.5. The van der Waals surface area contributed by atoms with Crippen molar-refractivity contribution in [2.75, 3.05) is 59.5 Å². The van der Waals surface area contributed by atoms with Crippen LogP contribution in [0.1, 0.15) is 20.8 Å². The van der Waals surface area contributed by atoms with Crippen molar-refractivity contribution in [1.82, 2.24) is 34.8 Å². The quantitative estimate of drug-likeness (QED) is 0.180. The van der Waals surface area contributed by atoms with Crippen molar-refractivity contribution in [3.8, 4) is 23.3 Å². The number of fused-ring (bicyclic) bond motifs is 3. The lowest BCUT2D eigenvalue weighted by Gasteiger charge is -2.24. The Bertz CT molecular complexity index is 2340. The Hall–Kier alpha value is -6.13. The molecule has 2 aliphatic heterocycles. The predicted molar refractivity (Wildman–Crippen MR) is 212 cm³/mol. The molecule has 16 heteroatoms. The predicted octanol–water partition coefficient (Wildman–Crippen LogP) is 5.52. The maximum Gasteiger partial charge on any atom is 0.410 e. The smallest absolute Gasteiger partial charge is 0.410 e. The first-order valence-corrected chi connectivity index (χ1v) is 18.5. The summed E-state index contributed by atoms with van der Waals surface area (Å²) < 4.78 is 39.7. The number of methoxy groups -OCH3 is 4. The number of ether oxygens (including phenoxy) is 7. The summed E-state index contributed by atoms with van der Waals surface area (Å²) in [7, 11) is 6.50. The van der Waals surface area contributed by atoms with Gasteiger partial charge >= 0.3 is 6.09 Å². The van der Waals surface area contributed by atoms with E-state index in [4.69, 9.17) is 33.2 Å². The molecule has 3 aromatic heterocycles. The van der Waals surface area contributed by atoms with E-state index in [1.54, 1.807) is 52.1 Å². The SMILES string of the molecule is COC1CN(C(=O)OC(C)(C)C)CC1Oc1cnc2ccccc2n1.COc1cc2ncnc(N3CC(OC)C(Oc4cnc5ccccc5n4)C3)c2cc1OC. The average Bonchev–Trinajstić information content (AvgIpc) is 3.83. The van der Waals surface area contributed by atoms with Gasteiger partial charge in [0.25, 0.3) is 0 Å². The van der Waals surface area contributed by atoms with Crippen molar-refractivity contribution in [2.24, 2.45) is 0 Å². The van der Waals surface area contributed by atoms with Gasteiger partial charge in [0.1, 0.15) is 42.2 Å². The summed E-state index contributed by atoms with van der Waals surface area (Å²) in [4.78, 5) is 42.8. The Balaban J connectivity index is 0.000000180. The summed E-state index contributed by atoms with van der Waals surface area (Å²) in [5.74, 6) is 2.91. The first-order chi connectivity index (χ1) is 27.5. The number of hydrogen-bond donors (Lipinski definition) is 0. The highest BCUT2D eigenvalue weighted by Gasteiger charge is 2.39. The number of carbonyl (C=O) groups excluding carboxylic acids is 1. The van der Waals surface area contributed by atoms with E-state index in [2.05, 4.69) is 34.8 Å². The monoisotopic (exact) mass is 778 g/mol. The minimum absolute atomic E-state index is 0.159. The van der Waals surface area contributed by atoms with Gasteiger partial charge in [0, 0.05) is 32.2 Å². The fraction of sp³-hybridized carbons (Fsp3) is 0.390. The Kier molecular flexibility index (Phi) is 11.6. The lowest BCUT2D eigenvalue weighted by Crippen LogP contribution is -2.36. The van der Waals surface area contributed by atoms with Crippen LogP contribution in [0.4, 0.5) is 10.6 Å². The Labute approximate surface area is 330 Å². The maximum atomic E-state index is 12.3. The van der Waals surface area contributed by atoms with E-state index in [1.807, 2.05) is 81.4 Å². The topological polar surface area (TPSA) is 165 Å². The van der Waals surface area contributed by atoms with Crippen LogP contribution in [0.3, 0.4) is 0 Å². The van der Waals surface area contributed by atoms with Crippen LogP contribution in [0.15, 0.2) is 79.4 Å². The van der Waals surface area contributed by atoms with E-state index in [9.17, 15) is 4.79 Å². The van der Waals surface area contributed by atoms with Crippen LogP contribution in [0.5, 0.6) is 23.3 Å². The summed E-state index contributed by atoms with van der Waals surface area (Å²) in [6.07, 6.45) is 3.45. The molecule has 4 atom stereocenters. The van der Waals surface area contributed by atoms with E-state index in [1.165, 1.54) is 0 Å². The van der Waals surface area contributed by atoms with Gasteiger partial charge in [-0.1, -0.05) is 24.3 Å². The molecule has 2 saturated heterocycles. The Morgan fingerprint density at radius 3 is 1.70 bits per heavy atom. The van der Waals surface area contributed by atoms with E-state index >= 15 is 0 Å². The molecule has 57 heavy (non-hydrogen) atoms. The normalized spacial score (nSPS) is 19.4. The molecule has 298 valence electrons. The van der Waals surface area contributed by atoms with Crippen molar-refractivity contribution in [3.63, 3.8) is 0 Å². The van der Waals surface area contributed by atoms with Crippen LogP contribution in [0.2, 0.25) is 0 Å². The first kappa shape index (κ1) is 39.1. The van der Waals surface area contributed by atoms with Crippen molar-refractivity contribution in [2.45, 2.75) is 50.8 Å². The fourth-order valence-corrected chi connectivity index (χ4v) is 6.74. The largest absolute Gasteiger partial charge is 0.493 e. The molecule has 0 saturated carbocycles.